The zero-order valence-electron chi connectivity index (χ0n) is 15.6. The Morgan fingerprint density at radius 2 is 2.14 bits per heavy atom. The number of hydrogen-bond donors (Lipinski definition) is 1. The monoisotopic (exact) mass is 418 g/mol. The number of nitrogens with two attached hydrogens (primary N) is 1. The van der Waals surface area contributed by atoms with E-state index < -0.39 is 21.4 Å². The zero-order valence-corrected chi connectivity index (χ0v) is 16.4. The highest BCUT2D eigenvalue weighted by atomic mass is 32.2. The van der Waals surface area contributed by atoms with Crippen LogP contribution in [0.25, 0.3) is 0 Å². The Balaban J connectivity index is 1.71. The van der Waals surface area contributed by atoms with Gasteiger partial charge in [-0.3, -0.25) is 9.78 Å². The molecule has 2 aliphatic rings. The quantitative estimate of drug-likeness (QED) is 0.750. The van der Waals surface area contributed by atoms with E-state index in [9.17, 15) is 17.6 Å². The Labute approximate surface area is 167 Å². The molecule has 2 aromatic rings. The highest BCUT2D eigenvalue weighted by molar-refractivity contribution is 7.89. The number of Topliss-reactive ketones (excluding diaryl/α,β-unsaturated/α-hetero) is 1. The Bertz CT molecular complexity index is 1120. The molecule has 2 N–H and O–H groups in total. The molecule has 0 saturated carbocycles. The molecule has 1 atom stereocenters. The fraction of sp³-hybridized carbons (Fsp3) is 0.316. The number of nitrogens with zero attached hydrogens (tertiary/aromatic N) is 3. The molecule has 10 heteroatoms. The van der Waals surface area contributed by atoms with Crippen molar-refractivity contribution < 1.29 is 22.3 Å². The summed E-state index contributed by atoms with van der Waals surface area (Å²) in [5, 5.41) is 0. The van der Waals surface area contributed by atoms with Crippen molar-refractivity contribution >= 4 is 21.8 Å². The molecule has 4 rings (SSSR count). The van der Waals surface area contributed by atoms with Gasteiger partial charge >= 0.3 is 0 Å². The molecule has 1 spiro atoms. The van der Waals surface area contributed by atoms with Gasteiger partial charge in [0.1, 0.15) is 22.8 Å². The minimum Gasteiger partial charge on any atom is -0.493 e. The van der Waals surface area contributed by atoms with Gasteiger partial charge in [0, 0.05) is 25.5 Å². The topological polar surface area (TPSA) is 115 Å². The number of aliphatic imine (C=N–C) groups is 1. The lowest BCUT2D eigenvalue weighted by Crippen LogP contribution is -2.52. The lowest BCUT2D eigenvalue weighted by atomic mass is 9.85. The minimum absolute atomic E-state index is 0.0217. The van der Waals surface area contributed by atoms with E-state index >= 15 is 0 Å². The van der Waals surface area contributed by atoms with Crippen molar-refractivity contribution in [3.05, 3.63) is 59.2 Å². The first-order chi connectivity index (χ1) is 13.7. The lowest BCUT2D eigenvalue weighted by molar-refractivity contribution is 0.0988. The smallest absolute Gasteiger partial charge is 0.239 e. The predicted molar refractivity (Wildman–Crippen MR) is 104 cm³/mol. The van der Waals surface area contributed by atoms with Crippen LogP contribution in [0, 0.1) is 5.82 Å². The standard InChI is InChI=1S/C19H19FN4O4S/c1-24-18(21)23-19(11-29(24,26)27)6-7-28-17-5-2-12(8-14(17)19)9-16(25)15-4-3-13(20)10-22-15/h2-5,8,10H,6-7,9,11H2,1H3,(H2,21,23)/t19-/m0/s1. The summed E-state index contributed by atoms with van der Waals surface area (Å²) in [4.78, 5) is 20.8. The van der Waals surface area contributed by atoms with Gasteiger partial charge in [0.25, 0.3) is 0 Å². The maximum absolute atomic E-state index is 13.0. The molecule has 1 aromatic carbocycles. The SMILES string of the molecule is CN1C(N)=N[C@@]2(CCOc3ccc(CC(=O)c4ccc(F)cn4)cc32)CS1(=O)=O. The molecule has 3 heterocycles. The molecule has 152 valence electrons. The number of fused-ring (bicyclic) bond motifs is 2. The second-order valence-electron chi connectivity index (χ2n) is 7.12. The van der Waals surface area contributed by atoms with Crippen LogP contribution in [0.3, 0.4) is 0 Å². The molecule has 0 unspecified atom stereocenters. The van der Waals surface area contributed by atoms with Crippen LogP contribution < -0.4 is 10.5 Å². The molecule has 1 aromatic heterocycles. The minimum atomic E-state index is -3.63. The zero-order chi connectivity index (χ0) is 20.8. The van der Waals surface area contributed by atoms with Crippen molar-refractivity contribution in [2.45, 2.75) is 18.4 Å². The number of hydrogen-bond acceptors (Lipinski definition) is 7. The van der Waals surface area contributed by atoms with E-state index in [2.05, 4.69) is 9.98 Å². The normalized spacial score (nSPS) is 22.6. The largest absolute Gasteiger partial charge is 0.493 e. The fourth-order valence-electron chi connectivity index (χ4n) is 3.59. The van der Waals surface area contributed by atoms with Crippen molar-refractivity contribution in [1.82, 2.24) is 9.29 Å². The molecule has 0 amide bonds. The summed E-state index contributed by atoms with van der Waals surface area (Å²) in [6.07, 6.45) is 1.36. The summed E-state index contributed by atoms with van der Waals surface area (Å²) in [7, 11) is -2.27. The Morgan fingerprint density at radius 3 is 2.83 bits per heavy atom. The average Bonchev–Trinajstić information content (AvgIpc) is 2.67. The maximum atomic E-state index is 13.0. The van der Waals surface area contributed by atoms with Crippen LogP contribution in [0.4, 0.5) is 4.39 Å². The molecule has 0 radical (unpaired) electrons. The van der Waals surface area contributed by atoms with E-state index in [0.29, 0.717) is 29.9 Å². The Kier molecular flexibility index (Phi) is 4.53. The van der Waals surface area contributed by atoms with Gasteiger partial charge in [-0.05, 0) is 29.8 Å². The van der Waals surface area contributed by atoms with Gasteiger partial charge in [-0.15, -0.1) is 0 Å². The molecule has 29 heavy (non-hydrogen) atoms. The molecule has 8 nitrogen and oxygen atoms in total. The third-order valence-electron chi connectivity index (χ3n) is 5.19. The summed E-state index contributed by atoms with van der Waals surface area (Å²) in [6.45, 7) is 0.306. The molecule has 0 saturated heterocycles. The van der Waals surface area contributed by atoms with E-state index in [1.165, 1.54) is 19.2 Å². The maximum Gasteiger partial charge on any atom is 0.239 e. The number of aromatic nitrogens is 1. The summed E-state index contributed by atoms with van der Waals surface area (Å²) in [5.74, 6) is -0.599. The van der Waals surface area contributed by atoms with E-state index in [4.69, 9.17) is 10.5 Å². The van der Waals surface area contributed by atoms with Gasteiger partial charge in [0.2, 0.25) is 16.0 Å². The molecular weight excluding hydrogens is 399 g/mol. The average molecular weight is 418 g/mol. The van der Waals surface area contributed by atoms with Crippen molar-refractivity contribution in [1.29, 1.82) is 0 Å². The van der Waals surface area contributed by atoms with Crippen molar-refractivity contribution in [3.63, 3.8) is 0 Å². The van der Waals surface area contributed by atoms with E-state index in [0.717, 1.165) is 10.5 Å². The first-order valence-corrected chi connectivity index (χ1v) is 10.5. The summed E-state index contributed by atoms with van der Waals surface area (Å²) < 4.78 is 44.8. The van der Waals surface area contributed by atoms with E-state index in [1.807, 2.05) is 0 Å². The van der Waals surface area contributed by atoms with Gasteiger partial charge < -0.3 is 10.5 Å². The second-order valence-corrected chi connectivity index (χ2v) is 9.12. The summed E-state index contributed by atoms with van der Waals surface area (Å²) in [6, 6.07) is 7.67. The number of benzene rings is 1. The first kappa shape index (κ1) is 19.3. The van der Waals surface area contributed by atoms with E-state index in [-0.39, 0.29) is 29.6 Å². The molecule has 0 aliphatic carbocycles. The fourth-order valence-corrected chi connectivity index (χ4v) is 5.07. The number of halogens is 1. The summed E-state index contributed by atoms with van der Waals surface area (Å²) >= 11 is 0. The number of carbonyl (C=O) groups is 1. The number of pyridine rings is 1. The molecule has 2 aliphatic heterocycles. The number of guanidine groups is 1. The first-order valence-electron chi connectivity index (χ1n) is 8.93. The van der Waals surface area contributed by atoms with Crippen LogP contribution >= 0.6 is 0 Å². The third-order valence-corrected chi connectivity index (χ3v) is 7.05. The molecule has 0 fully saturated rings. The number of rotatable bonds is 3. The number of sulfonamides is 1. The van der Waals surface area contributed by atoms with E-state index in [1.54, 1.807) is 18.2 Å². The van der Waals surface area contributed by atoms with Crippen LogP contribution in [0.15, 0.2) is 41.5 Å². The van der Waals surface area contributed by atoms with Crippen molar-refractivity contribution in [2.24, 2.45) is 10.7 Å². The summed E-state index contributed by atoms with van der Waals surface area (Å²) in [5.41, 5.74) is 6.21. The number of ketones is 1. The Morgan fingerprint density at radius 1 is 1.34 bits per heavy atom. The van der Waals surface area contributed by atoms with Crippen LogP contribution in [-0.2, 0) is 22.0 Å². The van der Waals surface area contributed by atoms with Gasteiger partial charge in [-0.2, -0.15) is 0 Å². The van der Waals surface area contributed by atoms with Gasteiger partial charge in [-0.25, -0.2) is 22.1 Å². The second kappa shape index (κ2) is 6.80. The van der Waals surface area contributed by atoms with Crippen molar-refractivity contribution in [2.75, 3.05) is 19.4 Å². The highest BCUT2D eigenvalue weighted by Crippen LogP contribution is 2.43. The van der Waals surface area contributed by atoms with Crippen LogP contribution in [0.2, 0.25) is 0 Å². The van der Waals surface area contributed by atoms with Crippen LogP contribution in [-0.4, -0.2) is 48.9 Å². The third kappa shape index (κ3) is 3.44. The predicted octanol–water partition coefficient (Wildman–Crippen LogP) is 1.21. The number of ether oxygens (including phenoxy) is 1. The number of carbonyl (C=O) groups excluding carboxylic acids is 1. The van der Waals surface area contributed by atoms with Crippen LogP contribution in [0.5, 0.6) is 5.75 Å². The molecule has 0 bridgehead atoms. The Hall–Kier alpha value is -3.01. The lowest BCUT2D eigenvalue weighted by Gasteiger charge is -2.40. The van der Waals surface area contributed by atoms with Gasteiger partial charge in [0.05, 0.1) is 18.6 Å². The van der Waals surface area contributed by atoms with Crippen molar-refractivity contribution in [3.8, 4) is 5.75 Å². The highest BCUT2D eigenvalue weighted by Gasteiger charge is 2.46. The van der Waals surface area contributed by atoms with Gasteiger partial charge in [-0.1, -0.05) is 6.07 Å². The van der Waals surface area contributed by atoms with Crippen LogP contribution in [0.1, 0.15) is 28.0 Å². The molecular formula is C19H19FN4O4S. The van der Waals surface area contributed by atoms with Gasteiger partial charge in [0.15, 0.2) is 5.78 Å².